The van der Waals surface area contributed by atoms with E-state index in [1.165, 1.54) is 27.8 Å². The number of aryl methyl sites for hydroxylation is 2. The van der Waals surface area contributed by atoms with E-state index in [-0.39, 0.29) is 0 Å². The summed E-state index contributed by atoms with van der Waals surface area (Å²) in [6, 6.07) is 2.31. The molecule has 0 aromatic heterocycles. The van der Waals surface area contributed by atoms with Crippen LogP contribution in [0, 0.1) is 31.6 Å². The number of hydrogen-bond donors (Lipinski definition) is 2. The molecule has 30 heavy (non-hydrogen) atoms. The van der Waals surface area contributed by atoms with E-state index in [4.69, 9.17) is 0 Å². The fourth-order valence-corrected chi connectivity index (χ4v) is 3.93. The topological polar surface area (TPSA) is 74.6 Å². The molecule has 1 aromatic carbocycles. The zero-order chi connectivity index (χ0) is 23.1. The third kappa shape index (κ3) is 7.45. The summed E-state index contributed by atoms with van der Waals surface area (Å²) in [5.74, 6) is -1.45. The number of aliphatic carboxylic acids is 2. The minimum Gasteiger partial charge on any atom is -0.481 e. The standard InChI is InChI=1S/C26H42O4/c1-18-17-21(13-10-12-16-26(6,7)24(29)30)22(20(3)19(18)2)14-9-8-11-15-25(4,5)23(27)28/h17H,8-16H2,1-7H3,(H,27,28)(H,29,30). The van der Waals surface area contributed by atoms with Gasteiger partial charge in [0.05, 0.1) is 10.8 Å². The Morgan fingerprint density at radius 2 is 1.20 bits per heavy atom. The lowest BCUT2D eigenvalue weighted by Gasteiger charge is -2.20. The molecule has 1 aromatic rings. The van der Waals surface area contributed by atoms with Gasteiger partial charge in [-0.2, -0.15) is 0 Å². The van der Waals surface area contributed by atoms with Crippen LogP contribution in [0.25, 0.3) is 0 Å². The first-order valence-corrected chi connectivity index (χ1v) is 11.3. The molecule has 0 saturated carbocycles. The van der Waals surface area contributed by atoms with Crippen molar-refractivity contribution in [2.75, 3.05) is 0 Å². The molecule has 0 atom stereocenters. The van der Waals surface area contributed by atoms with Crippen molar-refractivity contribution in [3.05, 3.63) is 33.9 Å². The lowest BCUT2D eigenvalue weighted by Crippen LogP contribution is -2.23. The SMILES string of the molecule is Cc1cc(CCCCC(C)(C)C(=O)O)c(CCCCCC(C)(C)C(=O)O)c(C)c1C. The van der Waals surface area contributed by atoms with Gasteiger partial charge in [0.2, 0.25) is 0 Å². The quantitative estimate of drug-likeness (QED) is 0.352. The molecule has 0 aliphatic heterocycles. The van der Waals surface area contributed by atoms with Gasteiger partial charge >= 0.3 is 11.9 Å². The van der Waals surface area contributed by atoms with Crippen molar-refractivity contribution in [2.45, 2.75) is 106 Å². The van der Waals surface area contributed by atoms with Gasteiger partial charge in [0.15, 0.2) is 0 Å². The number of rotatable bonds is 13. The average Bonchev–Trinajstić information content (AvgIpc) is 2.64. The molecule has 1 rings (SSSR count). The van der Waals surface area contributed by atoms with Crippen LogP contribution in [-0.2, 0) is 22.4 Å². The van der Waals surface area contributed by atoms with Gasteiger partial charge in [-0.15, -0.1) is 0 Å². The minimum atomic E-state index is -0.726. The zero-order valence-corrected chi connectivity index (χ0v) is 20.2. The second kappa shape index (κ2) is 11.0. The number of unbranched alkanes of at least 4 members (excludes halogenated alkanes) is 3. The van der Waals surface area contributed by atoms with Crippen molar-refractivity contribution in [3.8, 4) is 0 Å². The van der Waals surface area contributed by atoms with Gasteiger partial charge in [-0.3, -0.25) is 9.59 Å². The Labute approximate surface area is 183 Å². The summed E-state index contributed by atoms with van der Waals surface area (Å²) in [4.78, 5) is 22.6. The Morgan fingerprint density at radius 1 is 0.733 bits per heavy atom. The number of carbonyl (C=O) groups is 2. The molecule has 170 valence electrons. The number of benzene rings is 1. The Balaban J connectivity index is 2.70. The molecule has 0 heterocycles. The van der Waals surface area contributed by atoms with E-state index in [1.807, 2.05) is 0 Å². The second-order valence-electron chi connectivity index (χ2n) is 10.2. The van der Waals surface area contributed by atoms with Crippen LogP contribution in [0.5, 0.6) is 0 Å². The van der Waals surface area contributed by atoms with Crippen LogP contribution in [-0.4, -0.2) is 22.2 Å². The van der Waals surface area contributed by atoms with Crippen molar-refractivity contribution in [1.82, 2.24) is 0 Å². The van der Waals surface area contributed by atoms with Crippen molar-refractivity contribution in [3.63, 3.8) is 0 Å². The highest BCUT2D eigenvalue weighted by Gasteiger charge is 2.27. The van der Waals surface area contributed by atoms with E-state index in [0.29, 0.717) is 12.8 Å². The van der Waals surface area contributed by atoms with Crippen LogP contribution in [0.2, 0.25) is 0 Å². The Hall–Kier alpha value is -1.84. The fraction of sp³-hybridized carbons (Fsp3) is 0.692. The largest absolute Gasteiger partial charge is 0.481 e. The Morgan fingerprint density at radius 3 is 1.70 bits per heavy atom. The summed E-state index contributed by atoms with van der Waals surface area (Å²) < 4.78 is 0. The van der Waals surface area contributed by atoms with Gasteiger partial charge in [0.1, 0.15) is 0 Å². The van der Waals surface area contributed by atoms with E-state index in [9.17, 15) is 19.8 Å². The molecular formula is C26H42O4. The summed E-state index contributed by atoms with van der Waals surface area (Å²) in [7, 11) is 0. The molecule has 4 nitrogen and oxygen atoms in total. The highest BCUT2D eigenvalue weighted by Crippen LogP contribution is 2.29. The normalized spacial score (nSPS) is 12.2. The number of carboxylic acid groups (broad SMARTS) is 2. The Kier molecular flexibility index (Phi) is 9.58. The minimum absolute atomic E-state index is 0.648. The third-order valence-corrected chi connectivity index (χ3v) is 6.77. The van der Waals surface area contributed by atoms with Crippen LogP contribution in [0.1, 0.15) is 100 Å². The highest BCUT2D eigenvalue weighted by atomic mass is 16.4. The van der Waals surface area contributed by atoms with E-state index in [2.05, 4.69) is 26.8 Å². The first kappa shape index (κ1) is 26.2. The van der Waals surface area contributed by atoms with Gasteiger partial charge in [-0.25, -0.2) is 0 Å². The van der Waals surface area contributed by atoms with Crippen LogP contribution >= 0.6 is 0 Å². The van der Waals surface area contributed by atoms with Crippen LogP contribution in [0.3, 0.4) is 0 Å². The molecule has 0 unspecified atom stereocenters. The summed E-state index contributed by atoms with van der Waals surface area (Å²) in [6.45, 7) is 13.8. The van der Waals surface area contributed by atoms with Gasteiger partial charge < -0.3 is 10.2 Å². The van der Waals surface area contributed by atoms with Gasteiger partial charge in [0.25, 0.3) is 0 Å². The molecule has 0 amide bonds. The molecule has 0 aliphatic rings. The monoisotopic (exact) mass is 418 g/mol. The highest BCUT2D eigenvalue weighted by molar-refractivity contribution is 5.73. The van der Waals surface area contributed by atoms with E-state index in [1.54, 1.807) is 27.7 Å². The third-order valence-electron chi connectivity index (χ3n) is 6.77. The van der Waals surface area contributed by atoms with Gasteiger partial charge in [-0.05, 0) is 115 Å². The summed E-state index contributed by atoms with van der Waals surface area (Å²) >= 11 is 0. The van der Waals surface area contributed by atoms with Crippen molar-refractivity contribution < 1.29 is 19.8 Å². The van der Waals surface area contributed by atoms with Crippen LogP contribution in [0.15, 0.2) is 6.07 Å². The molecule has 0 saturated heterocycles. The zero-order valence-electron chi connectivity index (χ0n) is 20.2. The lowest BCUT2D eigenvalue weighted by atomic mass is 9.84. The van der Waals surface area contributed by atoms with Gasteiger partial charge in [0, 0.05) is 0 Å². The first-order chi connectivity index (χ1) is 13.8. The molecular weight excluding hydrogens is 376 g/mol. The molecule has 0 bridgehead atoms. The fourth-order valence-electron chi connectivity index (χ4n) is 3.93. The number of carboxylic acids is 2. The van der Waals surface area contributed by atoms with Crippen LogP contribution in [0.4, 0.5) is 0 Å². The predicted molar refractivity (Wildman–Crippen MR) is 123 cm³/mol. The smallest absolute Gasteiger partial charge is 0.309 e. The number of hydrogen-bond acceptors (Lipinski definition) is 2. The van der Waals surface area contributed by atoms with Crippen molar-refractivity contribution in [1.29, 1.82) is 0 Å². The summed E-state index contributed by atoms with van der Waals surface area (Å²) in [5.41, 5.74) is 5.58. The predicted octanol–water partition coefficient (Wildman–Crippen LogP) is 6.65. The van der Waals surface area contributed by atoms with E-state index < -0.39 is 22.8 Å². The second-order valence-corrected chi connectivity index (χ2v) is 10.2. The summed E-state index contributed by atoms with van der Waals surface area (Å²) in [5, 5.41) is 18.5. The Bertz CT molecular complexity index is 744. The molecule has 0 fully saturated rings. The maximum absolute atomic E-state index is 11.3. The van der Waals surface area contributed by atoms with E-state index >= 15 is 0 Å². The van der Waals surface area contributed by atoms with Crippen molar-refractivity contribution >= 4 is 11.9 Å². The molecule has 0 spiro atoms. The van der Waals surface area contributed by atoms with Crippen LogP contribution < -0.4 is 0 Å². The summed E-state index contributed by atoms with van der Waals surface area (Å²) in [6.07, 6.45) is 8.36. The molecule has 0 aliphatic carbocycles. The molecule has 2 N–H and O–H groups in total. The molecule has 4 heteroatoms. The lowest BCUT2D eigenvalue weighted by molar-refractivity contribution is -0.148. The molecule has 0 radical (unpaired) electrons. The van der Waals surface area contributed by atoms with E-state index in [0.717, 1.165) is 44.9 Å². The average molecular weight is 419 g/mol. The maximum atomic E-state index is 11.3. The van der Waals surface area contributed by atoms with Gasteiger partial charge in [-0.1, -0.05) is 25.3 Å². The maximum Gasteiger partial charge on any atom is 0.309 e. The van der Waals surface area contributed by atoms with Crippen molar-refractivity contribution in [2.24, 2.45) is 10.8 Å². The first-order valence-electron chi connectivity index (χ1n) is 11.3.